The monoisotopic (exact) mass is 348 g/mol. The van der Waals surface area contributed by atoms with Gasteiger partial charge < -0.3 is 4.42 Å². The molecule has 0 aliphatic rings. The molecular weight excluding hydrogens is 339 g/mol. The lowest BCUT2D eigenvalue weighted by Gasteiger charge is -2.05. The number of hydrazine groups is 1. The number of halogens is 2. The summed E-state index contributed by atoms with van der Waals surface area (Å²) in [5.74, 6) is -0.965. The molecule has 23 heavy (non-hydrogen) atoms. The van der Waals surface area contributed by atoms with E-state index in [0.717, 1.165) is 0 Å². The zero-order valence-corrected chi connectivity index (χ0v) is 13.1. The van der Waals surface area contributed by atoms with Crippen LogP contribution in [0.3, 0.4) is 0 Å². The molecule has 1 heterocycles. The van der Waals surface area contributed by atoms with Gasteiger partial charge in [0.1, 0.15) is 5.58 Å². The van der Waals surface area contributed by atoms with Crippen molar-refractivity contribution in [3.05, 3.63) is 69.9 Å². The lowest BCUT2D eigenvalue weighted by Crippen LogP contribution is -2.41. The van der Waals surface area contributed by atoms with Gasteiger partial charge in [-0.1, -0.05) is 23.2 Å². The van der Waals surface area contributed by atoms with E-state index in [1.54, 1.807) is 48.5 Å². The molecule has 3 aromatic rings. The Morgan fingerprint density at radius 3 is 2.22 bits per heavy atom. The third kappa shape index (κ3) is 3.47. The maximum absolute atomic E-state index is 12.0. The van der Waals surface area contributed by atoms with Crippen molar-refractivity contribution in [2.45, 2.75) is 0 Å². The molecule has 0 bridgehead atoms. The van der Waals surface area contributed by atoms with Gasteiger partial charge in [-0.25, -0.2) is 0 Å². The van der Waals surface area contributed by atoms with Gasteiger partial charge in [-0.05, 0) is 48.5 Å². The van der Waals surface area contributed by atoms with Crippen LogP contribution in [-0.2, 0) is 0 Å². The second-order valence-corrected chi connectivity index (χ2v) is 5.58. The quantitative estimate of drug-likeness (QED) is 0.691. The summed E-state index contributed by atoms with van der Waals surface area (Å²) in [4.78, 5) is 23.9. The zero-order chi connectivity index (χ0) is 16.4. The molecule has 3 rings (SSSR count). The Hall–Kier alpha value is -2.50. The molecule has 0 saturated carbocycles. The van der Waals surface area contributed by atoms with Crippen molar-refractivity contribution < 1.29 is 14.0 Å². The molecule has 2 aromatic carbocycles. The van der Waals surface area contributed by atoms with Gasteiger partial charge in [0.2, 0.25) is 0 Å². The molecule has 0 unspecified atom stereocenters. The van der Waals surface area contributed by atoms with Crippen LogP contribution in [-0.4, -0.2) is 11.8 Å². The molecule has 0 spiro atoms. The number of hydrogen-bond donors (Lipinski definition) is 2. The van der Waals surface area contributed by atoms with Crippen LogP contribution in [0, 0.1) is 0 Å². The van der Waals surface area contributed by atoms with Crippen molar-refractivity contribution in [1.29, 1.82) is 0 Å². The third-order valence-corrected chi connectivity index (χ3v) is 3.59. The lowest BCUT2D eigenvalue weighted by atomic mass is 10.2. The predicted octanol–water partition coefficient (Wildman–Crippen LogP) is 3.81. The molecule has 0 fully saturated rings. The highest BCUT2D eigenvalue weighted by molar-refractivity contribution is 6.31. The van der Waals surface area contributed by atoms with Crippen LogP contribution in [0.2, 0.25) is 10.0 Å². The molecule has 1 aromatic heterocycles. The Kier molecular flexibility index (Phi) is 4.23. The Bertz CT molecular complexity index is 888. The van der Waals surface area contributed by atoms with Gasteiger partial charge in [0, 0.05) is 21.0 Å². The standard InChI is InChI=1S/C16H10Cl2N2O3/c17-11-3-1-9(2-4-11)15(21)19-20-16(22)14-8-10-7-12(18)5-6-13(10)23-14/h1-8H,(H,19,21)(H,20,22). The summed E-state index contributed by atoms with van der Waals surface area (Å²) < 4.78 is 5.40. The van der Waals surface area contributed by atoms with E-state index in [0.29, 0.717) is 26.6 Å². The first-order valence-corrected chi connectivity index (χ1v) is 7.34. The zero-order valence-electron chi connectivity index (χ0n) is 11.6. The summed E-state index contributed by atoms with van der Waals surface area (Å²) in [5, 5.41) is 1.76. The number of hydrogen-bond acceptors (Lipinski definition) is 3. The maximum atomic E-state index is 12.0. The summed E-state index contributed by atoms with van der Waals surface area (Å²) in [6, 6.07) is 12.8. The molecule has 0 atom stereocenters. The van der Waals surface area contributed by atoms with E-state index in [1.807, 2.05) is 0 Å². The fraction of sp³-hybridized carbons (Fsp3) is 0. The van der Waals surface area contributed by atoms with E-state index >= 15 is 0 Å². The van der Waals surface area contributed by atoms with Gasteiger partial charge in [0.15, 0.2) is 5.76 Å². The smallest absolute Gasteiger partial charge is 0.305 e. The fourth-order valence-electron chi connectivity index (χ4n) is 1.97. The van der Waals surface area contributed by atoms with Crippen LogP contribution in [0.5, 0.6) is 0 Å². The van der Waals surface area contributed by atoms with Gasteiger partial charge in [-0.3, -0.25) is 20.4 Å². The number of rotatable bonds is 2. The molecule has 0 radical (unpaired) electrons. The van der Waals surface area contributed by atoms with Crippen LogP contribution >= 0.6 is 23.2 Å². The minimum atomic E-state index is -0.570. The summed E-state index contributed by atoms with van der Waals surface area (Å²) in [6.45, 7) is 0. The minimum Gasteiger partial charge on any atom is -0.451 e. The molecule has 0 saturated heterocycles. The molecule has 7 heteroatoms. The highest BCUT2D eigenvalue weighted by Crippen LogP contribution is 2.22. The lowest BCUT2D eigenvalue weighted by molar-refractivity contribution is 0.0832. The number of benzene rings is 2. The molecule has 0 aliphatic carbocycles. The van der Waals surface area contributed by atoms with Crippen molar-refractivity contribution in [1.82, 2.24) is 10.9 Å². The first-order valence-electron chi connectivity index (χ1n) is 6.58. The van der Waals surface area contributed by atoms with E-state index in [9.17, 15) is 9.59 Å². The number of nitrogens with one attached hydrogen (secondary N) is 2. The number of carbonyl (C=O) groups excluding carboxylic acids is 2. The highest BCUT2D eigenvalue weighted by Gasteiger charge is 2.14. The van der Waals surface area contributed by atoms with E-state index in [-0.39, 0.29) is 5.76 Å². The van der Waals surface area contributed by atoms with Gasteiger partial charge in [0.05, 0.1) is 0 Å². The van der Waals surface area contributed by atoms with E-state index in [4.69, 9.17) is 27.6 Å². The SMILES string of the molecule is O=C(NNC(=O)c1cc2cc(Cl)ccc2o1)c1ccc(Cl)cc1. The van der Waals surface area contributed by atoms with Crippen LogP contribution in [0.1, 0.15) is 20.9 Å². The first-order chi connectivity index (χ1) is 11.0. The van der Waals surface area contributed by atoms with Crippen molar-refractivity contribution in [2.75, 3.05) is 0 Å². The number of amides is 2. The van der Waals surface area contributed by atoms with Crippen LogP contribution in [0.15, 0.2) is 52.9 Å². The first kappa shape index (κ1) is 15.4. The van der Waals surface area contributed by atoms with Gasteiger partial charge in [0.25, 0.3) is 5.91 Å². The fourth-order valence-corrected chi connectivity index (χ4v) is 2.28. The summed E-state index contributed by atoms with van der Waals surface area (Å²) in [5.41, 5.74) is 5.49. The molecule has 2 N–H and O–H groups in total. The van der Waals surface area contributed by atoms with Crippen molar-refractivity contribution in [2.24, 2.45) is 0 Å². The summed E-state index contributed by atoms with van der Waals surface area (Å²) in [7, 11) is 0. The summed E-state index contributed by atoms with van der Waals surface area (Å²) in [6.07, 6.45) is 0. The second-order valence-electron chi connectivity index (χ2n) is 4.71. The van der Waals surface area contributed by atoms with E-state index < -0.39 is 11.8 Å². The number of fused-ring (bicyclic) bond motifs is 1. The molecule has 0 aliphatic heterocycles. The Morgan fingerprint density at radius 2 is 1.48 bits per heavy atom. The number of furan rings is 1. The minimum absolute atomic E-state index is 0.0682. The summed E-state index contributed by atoms with van der Waals surface area (Å²) >= 11 is 11.6. The van der Waals surface area contributed by atoms with E-state index in [2.05, 4.69) is 10.9 Å². The average Bonchev–Trinajstić information content (AvgIpc) is 2.96. The van der Waals surface area contributed by atoms with Crippen LogP contribution in [0.25, 0.3) is 11.0 Å². The van der Waals surface area contributed by atoms with Crippen molar-refractivity contribution in [3.8, 4) is 0 Å². The van der Waals surface area contributed by atoms with E-state index in [1.165, 1.54) is 0 Å². The van der Waals surface area contributed by atoms with Crippen LogP contribution < -0.4 is 10.9 Å². The van der Waals surface area contributed by atoms with Crippen LogP contribution in [0.4, 0.5) is 0 Å². The van der Waals surface area contributed by atoms with Gasteiger partial charge in [-0.15, -0.1) is 0 Å². The van der Waals surface area contributed by atoms with Gasteiger partial charge >= 0.3 is 5.91 Å². The predicted molar refractivity (Wildman–Crippen MR) is 87.6 cm³/mol. The highest BCUT2D eigenvalue weighted by atomic mass is 35.5. The van der Waals surface area contributed by atoms with Crippen molar-refractivity contribution >= 4 is 46.0 Å². The Morgan fingerprint density at radius 1 is 0.826 bits per heavy atom. The Labute approximate surface area is 141 Å². The molecule has 116 valence electrons. The normalized spacial score (nSPS) is 10.5. The topological polar surface area (TPSA) is 71.3 Å². The average molecular weight is 349 g/mol. The maximum Gasteiger partial charge on any atom is 0.305 e. The Balaban J connectivity index is 1.68. The molecule has 2 amide bonds. The third-order valence-electron chi connectivity index (χ3n) is 3.10. The molecule has 5 nitrogen and oxygen atoms in total. The largest absolute Gasteiger partial charge is 0.451 e. The van der Waals surface area contributed by atoms with Crippen molar-refractivity contribution in [3.63, 3.8) is 0 Å². The second kappa shape index (κ2) is 6.32. The number of carbonyl (C=O) groups is 2. The molecular formula is C16H10Cl2N2O3. The van der Waals surface area contributed by atoms with Gasteiger partial charge in [-0.2, -0.15) is 0 Å².